The van der Waals surface area contributed by atoms with Crippen molar-refractivity contribution in [2.75, 3.05) is 11.9 Å². The highest BCUT2D eigenvalue weighted by Gasteiger charge is 2.38. The second kappa shape index (κ2) is 8.46. The summed E-state index contributed by atoms with van der Waals surface area (Å²) in [4.78, 5) is 26.8. The van der Waals surface area contributed by atoms with E-state index in [9.17, 15) is 9.59 Å². The lowest BCUT2D eigenvalue weighted by atomic mass is 10.1. The third-order valence-corrected chi connectivity index (χ3v) is 5.66. The number of nitrogens with zero attached hydrogens (tertiary/aromatic N) is 1. The van der Waals surface area contributed by atoms with Crippen LogP contribution in [0, 0.1) is 5.92 Å². The number of likely N-dealkylation sites (tertiary alicyclic amines) is 1. The van der Waals surface area contributed by atoms with Gasteiger partial charge in [-0.3, -0.25) is 9.59 Å². The van der Waals surface area contributed by atoms with Crippen molar-refractivity contribution in [3.63, 3.8) is 0 Å². The smallest absolute Gasteiger partial charge is 0.229 e. The Kier molecular flexibility index (Phi) is 5.60. The number of amides is 2. The van der Waals surface area contributed by atoms with E-state index in [0.29, 0.717) is 25.6 Å². The van der Waals surface area contributed by atoms with Crippen molar-refractivity contribution in [1.82, 2.24) is 4.90 Å². The van der Waals surface area contributed by atoms with E-state index in [0.717, 1.165) is 29.8 Å². The molecule has 0 bridgehead atoms. The third-order valence-electron chi connectivity index (χ3n) is 5.66. The van der Waals surface area contributed by atoms with Gasteiger partial charge in [-0.1, -0.05) is 43.2 Å². The van der Waals surface area contributed by atoms with E-state index in [4.69, 9.17) is 4.74 Å². The molecule has 1 atom stereocenters. The zero-order valence-electron chi connectivity index (χ0n) is 16.0. The molecule has 0 radical (unpaired) electrons. The minimum absolute atomic E-state index is 0.0770. The molecule has 4 rings (SSSR count). The van der Waals surface area contributed by atoms with Gasteiger partial charge in [-0.05, 0) is 42.7 Å². The Bertz CT molecular complexity index is 814. The lowest BCUT2D eigenvalue weighted by Gasteiger charge is -2.23. The minimum atomic E-state index is -0.262. The van der Waals surface area contributed by atoms with Crippen LogP contribution in [0.1, 0.15) is 37.7 Å². The first kappa shape index (κ1) is 18.5. The predicted molar refractivity (Wildman–Crippen MR) is 108 cm³/mol. The maximum absolute atomic E-state index is 12.6. The predicted octanol–water partition coefficient (Wildman–Crippen LogP) is 4.00. The zero-order chi connectivity index (χ0) is 19.3. The normalized spacial score (nSPS) is 19.8. The van der Waals surface area contributed by atoms with Gasteiger partial charge in [0.15, 0.2) is 0 Å². The van der Waals surface area contributed by atoms with Crippen LogP contribution in [0.5, 0.6) is 5.75 Å². The molecule has 1 aliphatic heterocycles. The summed E-state index contributed by atoms with van der Waals surface area (Å²) in [5, 5.41) is 2.94. The molecule has 1 N–H and O–H groups in total. The second-order valence-corrected chi connectivity index (χ2v) is 7.67. The van der Waals surface area contributed by atoms with Gasteiger partial charge in [0.05, 0.1) is 5.92 Å². The molecular formula is C23H26N2O3. The molecule has 5 heteroatoms. The Balaban J connectivity index is 1.29. The van der Waals surface area contributed by atoms with Crippen molar-refractivity contribution >= 4 is 17.5 Å². The van der Waals surface area contributed by atoms with Crippen molar-refractivity contribution < 1.29 is 14.3 Å². The number of anilines is 1. The Hall–Kier alpha value is -2.82. The van der Waals surface area contributed by atoms with Crippen molar-refractivity contribution in [1.29, 1.82) is 0 Å². The first-order valence-electron chi connectivity index (χ1n) is 10.1. The molecule has 0 spiro atoms. The molecule has 1 aliphatic carbocycles. The van der Waals surface area contributed by atoms with Gasteiger partial charge in [0.25, 0.3) is 0 Å². The fourth-order valence-corrected chi connectivity index (χ4v) is 4.10. The Morgan fingerprint density at radius 1 is 1.04 bits per heavy atom. The summed E-state index contributed by atoms with van der Waals surface area (Å²) in [6.45, 7) is 1.06. The highest BCUT2D eigenvalue weighted by atomic mass is 16.5. The van der Waals surface area contributed by atoms with Crippen molar-refractivity contribution in [3.05, 3.63) is 60.2 Å². The monoisotopic (exact) mass is 378 g/mol. The third kappa shape index (κ3) is 4.35. The largest absolute Gasteiger partial charge is 0.489 e. The van der Waals surface area contributed by atoms with E-state index in [1.165, 1.54) is 12.8 Å². The van der Waals surface area contributed by atoms with E-state index in [-0.39, 0.29) is 17.7 Å². The Labute approximate surface area is 165 Å². The van der Waals surface area contributed by atoms with Crippen molar-refractivity contribution in [2.45, 2.75) is 44.8 Å². The first-order valence-corrected chi connectivity index (χ1v) is 10.1. The van der Waals surface area contributed by atoms with Crippen molar-refractivity contribution in [3.8, 4) is 5.75 Å². The summed E-state index contributed by atoms with van der Waals surface area (Å²) >= 11 is 0. The van der Waals surface area contributed by atoms with E-state index in [1.807, 2.05) is 59.5 Å². The summed E-state index contributed by atoms with van der Waals surface area (Å²) in [5.41, 5.74) is 1.83. The molecule has 2 fully saturated rings. The highest BCUT2D eigenvalue weighted by Crippen LogP contribution is 2.30. The van der Waals surface area contributed by atoms with Gasteiger partial charge < -0.3 is 15.0 Å². The van der Waals surface area contributed by atoms with Gasteiger partial charge >= 0.3 is 0 Å². The van der Waals surface area contributed by atoms with Crippen LogP contribution in [-0.2, 0) is 16.2 Å². The SMILES string of the molecule is O=C(Nc1ccc(OCc2ccccc2)cc1)[C@@H]1CC(=O)N(C2CCCC2)C1. The number of hydrogen-bond acceptors (Lipinski definition) is 3. The molecule has 2 amide bonds. The number of hydrogen-bond donors (Lipinski definition) is 1. The lowest BCUT2D eigenvalue weighted by Crippen LogP contribution is -2.35. The fraction of sp³-hybridized carbons (Fsp3) is 0.391. The molecule has 28 heavy (non-hydrogen) atoms. The van der Waals surface area contributed by atoms with Crippen LogP contribution in [0.15, 0.2) is 54.6 Å². The van der Waals surface area contributed by atoms with Crippen molar-refractivity contribution in [2.24, 2.45) is 5.92 Å². The quantitative estimate of drug-likeness (QED) is 0.827. The van der Waals surface area contributed by atoms with E-state index in [2.05, 4.69) is 5.32 Å². The number of nitrogens with one attached hydrogen (secondary N) is 1. The average molecular weight is 378 g/mol. The average Bonchev–Trinajstić information content (AvgIpc) is 3.38. The van der Waals surface area contributed by atoms with Crippen LogP contribution in [0.25, 0.3) is 0 Å². The molecule has 2 aliphatic rings. The van der Waals surface area contributed by atoms with E-state index < -0.39 is 0 Å². The van der Waals surface area contributed by atoms with Gasteiger partial charge in [0, 0.05) is 24.7 Å². The molecule has 2 aromatic carbocycles. The topological polar surface area (TPSA) is 58.6 Å². The second-order valence-electron chi connectivity index (χ2n) is 7.67. The van der Waals surface area contributed by atoms with Crippen LogP contribution in [0.2, 0.25) is 0 Å². The van der Waals surface area contributed by atoms with Crippen LogP contribution in [0.3, 0.4) is 0 Å². The van der Waals surface area contributed by atoms with E-state index >= 15 is 0 Å². The molecule has 146 valence electrons. The number of rotatable bonds is 6. The summed E-state index contributed by atoms with van der Waals surface area (Å²) in [6, 6.07) is 17.7. The minimum Gasteiger partial charge on any atom is -0.489 e. The molecule has 0 aromatic heterocycles. The highest BCUT2D eigenvalue weighted by molar-refractivity contribution is 5.97. The lowest BCUT2D eigenvalue weighted by molar-refractivity contribution is -0.129. The van der Waals surface area contributed by atoms with Crippen LogP contribution in [-0.4, -0.2) is 29.3 Å². The molecule has 1 heterocycles. The molecular weight excluding hydrogens is 352 g/mol. The fourth-order valence-electron chi connectivity index (χ4n) is 4.10. The Morgan fingerprint density at radius 3 is 2.46 bits per heavy atom. The van der Waals surface area contributed by atoms with Crippen LogP contribution < -0.4 is 10.1 Å². The molecule has 1 saturated heterocycles. The Morgan fingerprint density at radius 2 is 1.75 bits per heavy atom. The zero-order valence-corrected chi connectivity index (χ0v) is 16.0. The molecule has 0 unspecified atom stereocenters. The number of carbonyl (C=O) groups is 2. The first-order chi connectivity index (χ1) is 13.7. The summed E-state index contributed by atoms with van der Waals surface area (Å²) in [7, 11) is 0. The van der Waals surface area contributed by atoms with Gasteiger partial charge in [-0.15, -0.1) is 0 Å². The van der Waals surface area contributed by atoms with Gasteiger partial charge in [-0.25, -0.2) is 0 Å². The molecule has 2 aromatic rings. The van der Waals surface area contributed by atoms with Crippen LogP contribution >= 0.6 is 0 Å². The molecule has 1 saturated carbocycles. The van der Waals surface area contributed by atoms with Gasteiger partial charge in [0.2, 0.25) is 11.8 Å². The van der Waals surface area contributed by atoms with Crippen LogP contribution in [0.4, 0.5) is 5.69 Å². The molecule has 5 nitrogen and oxygen atoms in total. The van der Waals surface area contributed by atoms with Gasteiger partial charge in [-0.2, -0.15) is 0 Å². The number of carbonyl (C=O) groups excluding carboxylic acids is 2. The van der Waals surface area contributed by atoms with Gasteiger partial charge in [0.1, 0.15) is 12.4 Å². The van der Waals surface area contributed by atoms with E-state index in [1.54, 1.807) is 0 Å². The summed E-state index contributed by atoms with van der Waals surface area (Å²) in [5.74, 6) is 0.538. The maximum Gasteiger partial charge on any atom is 0.229 e. The summed E-state index contributed by atoms with van der Waals surface area (Å²) < 4.78 is 5.77. The number of benzene rings is 2. The summed E-state index contributed by atoms with van der Waals surface area (Å²) in [6.07, 6.45) is 4.84. The maximum atomic E-state index is 12.6. The number of ether oxygens (including phenoxy) is 1. The standard InChI is InChI=1S/C23H26N2O3/c26-22-14-18(15-25(22)20-8-4-5-9-20)23(27)24-19-10-12-21(13-11-19)28-16-17-6-2-1-3-7-17/h1-3,6-7,10-13,18,20H,4-5,8-9,14-16H2,(H,24,27)/t18-/m1/s1.